The van der Waals surface area contributed by atoms with Gasteiger partial charge in [-0.3, -0.25) is 4.79 Å². The third-order valence-electron chi connectivity index (χ3n) is 2.23. The van der Waals surface area contributed by atoms with Crippen molar-refractivity contribution in [3.8, 4) is 11.5 Å². The number of hydrogen-bond donors (Lipinski definition) is 4. The summed E-state index contributed by atoms with van der Waals surface area (Å²) >= 11 is 0. The molecule has 6 heteroatoms. The van der Waals surface area contributed by atoms with Crippen LogP contribution in [0.2, 0.25) is 0 Å². The van der Waals surface area contributed by atoms with E-state index in [-0.39, 0.29) is 17.1 Å². The summed E-state index contributed by atoms with van der Waals surface area (Å²) in [7, 11) is 0. The lowest BCUT2D eigenvalue weighted by molar-refractivity contribution is -0.143. The molecule has 0 bridgehead atoms. The van der Waals surface area contributed by atoms with E-state index in [9.17, 15) is 14.3 Å². The van der Waals surface area contributed by atoms with E-state index in [1.807, 2.05) is 0 Å². The highest BCUT2D eigenvalue weighted by atomic mass is 19.1. The number of carboxylic acids is 1. The molecule has 0 heterocycles. The van der Waals surface area contributed by atoms with Gasteiger partial charge < -0.3 is 21.1 Å². The first kappa shape index (κ1) is 12.3. The van der Waals surface area contributed by atoms with E-state index in [2.05, 4.69) is 0 Å². The van der Waals surface area contributed by atoms with E-state index in [1.165, 1.54) is 12.1 Å². The van der Waals surface area contributed by atoms with Gasteiger partial charge in [0.15, 0.2) is 0 Å². The molecule has 1 aromatic rings. The molecule has 0 aromatic heterocycles. The third kappa shape index (κ3) is 2.40. The van der Waals surface area contributed by atoms with Gasteiger partial charge in [0, 0.05) is 12.0 Å². The van der Waals surface area contributed by atoms with Crippen LogP contribution in [0.15, 0.2) is 18.2 Å². The van der Waals surface area contributed by atoms with Gasteiger partial charge in [0.1, 0.15) is 23.7 Å². The summed E-state index contributed by atoms with van der Waals surface area (Å²) in [5.74, 6) is -1.89. The fourth-order valence-electron chi connectivity index (χ4n) is 1.23. The SMILES string of the molecule is NC(CF)(Cc1cc(O)ccc1O)C(=O)O. The van der Waals surface area contributed by atoms with Crippen LogP contribution in [0.1, 0.15) is 5.56 Å². The second-order valence-corrected chi connectivity index (χ2v) is 3.58. The number of carboxylic acid groups (broad SMARTS) is 1. The molecule has 1 atom stereocenters. The molecule has 0 saturated heterocycles. The highest BCUT2D eigenvalue weighted by Crippen LogP contribution is 2.25. The number of aliphatic carboxylic acids is 1. The van der Waals surface area contributed by atoms with Crippen molar-refractivity contribution in [2.24, 2.45) is 5.73 Å². The van der Waals surface area contributed by atoms with E-state index in [4.69, 9.17) is 15.9 Å². The molecule has 1 aromatic carbocycles. The minimum absolute atomic E-state index is 0.0857. The number of carbonyl (C=O) groups is 1. The maximum Gasteiger partial charge on any atom is 0.326 e. The number of rotatable bonds is 4. The summed E-state index contributed by atoms with van der Waals surface area (Å²) in [6, 6.07) is 3.56. The minimum Gasteiger partial charge on any atom is -0.508 e. The van der Waals surface area contributed by atoms with Crippen molar-refractivity contribution in [2.45, 2.75) is 12.0 Å². The maximum atomic E-state index is 12.6. The summed E-state index contributed by atoms with van der Waals surface area (Å²) in [4.78, 5) is 10.7. The lowest BCUT2D eigenvalue weighted by Crippen LogP contribution is -2.52. The van der Waals surface area contributed by atoms with Crippen molar-refractivity contribution < 1.29 is 24.5 Å². The molecule has 0 fully saturated rings. The lowest BCUT2D eigenvalue weighted by atomic mass is 9.92. The van der Waals surface area contributed by atoms with Crippen molar-refractivity contribution >= 4 is 5.97 Å². The largest absolute Gasteiger partial charge is 0.508 e. The fourth-order valence-corrected chi connectivity index (χ4v) is 1.23. The lowest BCUT2D eigenvalue weighted by Gasteiger charge is -2.21. The van der Waals surface area contributed by atoms with Crippen LogP contribution in [-0.4, -0.2) is 33.5 Å². The summed E-state index contributed by atoms with van der Waals surface area (Å²) in [6.07, 6.45) is -0.404. The average Bonchev–Trinajstić information content (AvgIpc) is 2.23. The summed E-state index contributed by atoms with van der Waals surface area (Å²) < 4.78 is 12.6. The van der Waals surface area contributed by atoms with Crippen molar-refractivity contribution in [3.05, 3.63) is 23.8 Å². The average molecular weight is 229 g/mol. The second-order valence-electron chi connectivity index (χ2n) is 3.58. The van der Waals surface area contributed by atoms with Crippen molar-refractivity contribution in [1.82, 2.24) is 0 Å². The topological polar surface area (TPSA) is 104 Å². The van der Waals surface area contributed by atoms with E-state index in [1.54, 1.807) is 0 Å². The number of phenols is 2. The van der Waals surface area contributed by atoms with Crippen molar-refractivity contribution in [3.63, 3.8) is 0 Å². The van der Waals surface area contributed by atoms with Gasteiger partial charge in [-0.2, -0.15) is 0 Å². The van der Waals surface area contributed by atoms with Crippen molar-refractivity contribution in [2.75, 3.05) is 6.67 Å². The summed E-state index contributed by atoms with van der Waals surface area (Å²) in [5, 5.41) is 27.3. The molecule has 0 aliphatic rings. The van der Waals surface area contributed by atoms with Gasteiger partial charge >= 0.3 is 5.97 Å². The van der Waals surface area contributed by atoms with Crippen LogP contribution in [0, 0.1) is 0 Å². The quantitative estimate of drug-likeness (QED) is 0.559. The highest BCUT2D eigenvalue weighted by Gasteiger charge is 2.35. The van der Waals surface area contributed by atoms with Crippen LogP contribution in [-0.2, 0) is 11.2 Å². The van der Waals surface area contributed by atoms with Crippen molar-refractivity contribution in [1.29, 1.82) is 0 Å². The summed E-state index contributed by atoms with van der Waals surface area (Å²) in [6.45, 7) is -1.27. The minimum atomic E-state index is -2.09. The normalized spacial score (nSPS) is 14.4. The Labute approximate surface area is 90.9 Å². The first-order valence-corrected chi connectivity index (χ1v) is 4.48. The predicted octanol–water partition coefficient (Wildman–Crippen LogP) is 0.392. The highest BCUT2D eigenvalue weighted by molar-refractivity contribution is 5.79. The van der Waals surface area contributed by atoms with Gasteiger partial charge in [-0.25, -0.2) is 4.39 Å². The molecule has 0 aliphatic heterocycles. The molecular weight excluding hydrogens is 217 g/mol. The van der Waals surface area contributed by atoms with Gasteiger partial charge in [-0.05, 0) is 18.2 Å². The molecule has 5 N–H and O–H groups in total. The van der Waals surface area contributed by atoms with Crippen LogP contribution in [0.4, 0.5) is 4.39 Å². The van der Waals surface area contributed by atoms with E-state index in [0.717, 1.165) is 6.07 Å². The van der Waals surface area contributed by atoms with E-state index < -0.39 is 24.6 Å². The first-order valence-electron chi connectivity index (χ1n) is 4.48. The van der Waals surface area contributed by atoms with Crippen LogP contribution >= 0.6 is 0 Å². The second kappa shape index (κ2) is 4.36. The number of hydrogen-bond acceptors (Lipinski definition) is 4. The molecule has 16 heavy (non-hydrogen) atoms. The third-order valence-corrected chi connectivity index (χ3v) is 2.23. The summed E-state index contributed by atoms with van der Waals surface area (Å²) in [5.41, 5.74) is 3.32. The van der Waals surface area contributed by atoms with Gasteiger partial charge in [-0.1, -0.05) is 0 Å². The fraction of sp³-hybridized carbons (Fsp3) is 0.300. The van der Waals surface area contributed by atoms with Crippen LogP contribution in [0.25, 0.3) is 0 Å². The van der Waals surface area contributed by atoms with Gasteiger partial charge in [-0.15, -0.1) is 0 Å². The number of phenolic OH excluding ortho intramolecular Hbond substituents is 2. The molecule has 5 nitrogen and oxygen atoms in total. The Morgan fingerprint density at radius 3 is 2.56 bits per heavy atom. The van der Waals surface area contributed by atoms with Gasteiger partial charge in [0.2, 0.25) is 0 Å². The Morgan fingerprint density at radius 2 is 2.06 bits per heavy atom. The van der Waals surface area contributed by atoms with Gasteiger partial charge in [0.05, 0.1) is 0 Å². The number of halogens is 1. The van der Waals surface area contributed by atoms with Crippen LogP contribution in [0.5, 0.6) is 11.5 Å². The smallest absolute Gasteiger partial charge is 0.326 e. The van der Waals surface area contributed by atoms with Crippen LogP contribution in [0.3, 0.4) is 0 Å². The Hall–Kier alpha value is -1.82. The molecule has 0 saturated carbocycles. The monoisotopic (exact) mass is 229 g/mol. The van der Waals surface area contributed by atoms with Gasteiger partial charge in [0.25, 0.3) is 0 Å². The van der Waals surface area contributed by atoms with E-state index in [0.29, 0.717) is 0 Å². The molecule has 1 rings (SSSR count). The molecule has 0 amide bonds. The number of nitrogens with two attached hydrogens (primary N) is 1. The number of aromatic hydroxyl groups is 2. The molecular formula is C10H12FNO4. The Morgan fingerprint density at radius 1 is 1.44 bits per heavy atom. The maximum absolute atomic E-state index is 12.6. The Kier molecular flexibility index (Phi) is 3.34. The molecule has 0 aliphatic carbocycles. The predicted molar refractivity (Wildman–Crippen MR) is 54.0 cm³/mol. The zero-order valence-electron chi connectivity index (χ0n) is 8.35. The molecule has 0 radical (unpaired) electrons. The zero-order chi connectivity index (χ0) is 12.3. The molecule has 0 spiro atoms. The number of alkyl halides is 1. The van der Waals surface area contributed by atoms with Crippen LogP contribution < -0.4 is 5.73 Å². The Bertz CT molecular complexity index is 410. The molecule has 1 unspecified atom stereocenters. The van der Waals surface area contributed by atoms with E-state index >= 15 is 0 Å². The number of benzene rings is 1. The zero-order valence-corrected chi connectivity index (χ0v) is 8.35. The molecule has 88 valence electrons. The Balaban J connectivity index is 3.03. The standard InChI is InChI=1S/C10H12FNO4/c11-5-10(12,9(15)16)4-6-3-7(13)1-2-8(6)14/h1-3,13-14H,4-5,12H2,(H,15,16). The first-order chi connectivity index (χ1) is 7.39.